The molecule has 1 aromatic heterocycles. The second-order valence-electron chi connectivity index (χ2n) is 4.98. The molecule has 0 saturated carbocycles. The molecule has 0 bridgehead atoms. The van der Waals surface area contributed by atoms with E-state index >= 15 is 0 Å². The number of nitrogens with zero attached hydrogens (tertiary/aromatic N) is 2. The first kappa shape index (κ1) is 15.8. The number of hydrazone groups is 1. The summed E-state index contributed by atoms with van der Waals surface area (Å²) in [7, 11) is 1.62. The zero-order valence-electron chi connectivity index (χ0n) is 13.0. The first-order chi connectivity index (χ1) is 10.6. The summed E-state index contributed by atoms with van der Waals surface area (Å²) in [5, 5.41) is 11.0. The van der Waals surface area contributed by atoms with Crippen LogP contribution in [-0.4, -0.2) is 29.4 Å². The molecule has 2 aromatic rings. The molecule has 0 fully saturated rings. The summed E-state index contributed by atoms with van der Waals surface area (Å²) in [6, 6.07) is 7.42. The predicted molar refractivity (Wildman–Crippen MR) is 85.1 cm³/mol. The van der Waals surface area contributed by atoms with Gasteiger partial charge in [0.1, 0.15) is 5.75 Å². The van der Waals surface area contributed by atoms with Gasteiger partial charge >= 0.3 is 0 Å². The van der Waals surface area contributed by atoms with Crippen molar-refractivity contribution in [1.29, 1.82) is 0 Å². The number of methoxy groups -OCH3 is 1. The van der Waals surface area contributed by atoms with Gasteiger partial charge in [-0.15, -0.1) is 0 Å². The van der Waals surface area contributed by atoms with E-state index in [4.69, 9.17) is 4.74 Å². The lowest BCUT2D eigenvalue weighted by Crippen LogP contribution is -2.18. The van der Waals surface area contributed by atoms with E-state index in [2.05, 4.69) is 20.7 Å². The van der Waals surface area contributed by atoms with Crippen LogP contribution in [-0.2, 0) is 11.2 Å². The first-order valence-corrected chi connectivity index (χ1v) is 7.06. The van der Waals surface area contributed by atoms with Crippen LogP contribution in [0.15, 0.2) is 29.4 Å². The highest BCUT2D eigenvalue weighted by atomic mass is 16.5. The van der Waals surface area contributed by atoms with Crippen LogP contribution >= 0.6 is 0 Å². The molecule has 2 rings (SSSR count). The smallest absolute Gasteiger partial charge is 0.240 e. The zero-order valence-corrected chi connectivity index (χ0v) is 13.0. The van der Waals surface area contributed by atoms with Crippen molar-refractivity contribution >= 4 is 12.1 Å². The van der Waals surface area contributed by atoms with Crippen LogP contribution in [0.2, 0.25) is 0 Å². The van der Waals surface area contributed by atoms with Crippen molar-refractivity contribution < 1.29 is 9.53 Å². The third-order valence-electron chi connectivity index (χ3n) is 3.40. The van der Waals surface area contributed by atoms with E-state index in [1.807, 2.05) is 38.1 Å². The maximum Gasteiger partial charge on any atom is 0.240 e. The summed E-state index contributed by atoms with van der Waals surface area (Å²) in [5.41, 5.74) is 6.46. The number of carbonyl (C=O) groups is 1. The molecule has 1 aromatic carbocycles. The topological polar surface area (TPSA) is 79.4 Å². The summed E-state index contributed by atoms with van der Waals surface area (Å²) < 4.78 is 5.08. The van der Waals surface area contributed by atoms with Gasteiger partial charge in [0.15, 0.2) is 0 Å². The Labute approximate surface area is 129 Å². The molecule has 22 heavy (non-hydrogen) atoms. The highest BCUT2D eigenvalue weighted by Crippen LogP contribution is 2.11. The van der Waals surface area contributed by atoms with Crippen LogP contribution in [0.5, 0.6) is 5.75 Å². The normalized spacial score (nSPS) is 10.9. The Hall–Kier alpha value is -2.63. The van der Waals surface area contributed by atoms with Gasteiger partial charge < -0.3 is 4.74 Å². The number of ether oxygens (including phenoxy) is 1. The van der Waals surface area contributed by atoms with Crippen LogP contribution in [0.25, 0.3) is 0 Å². The first-order valence-electron chi connectivity index (χ1n) is 7.06. The van der Waals surface area contributed by atoms with Crippen LogP contribution in [0, 0.1) is 13.8 Å². The molecule has 6 heteroatoms. The van der Waals surface area contributed by atoms with Gasteiger partial charge in [0.05, 0.1) is 19.0 Å². The highest BCUT2D eigenvalue weighted by Gasteiger charge is 2.08. The molecular weight excluding hydrogens is 280 g/mol. The van der Waals surface area contributed by atoms with Gasteiger partial charge in [0.2, 0.25) is 5.91 Å². The summed E-state index contributed by atoms with van der Waals surface area (Å²) in [6.45, 7) is 3.88. The number of rotatable bonds is 6. The largest absolute Gasteiger partial charge is 0.497 e. The second-order valence-corrected chi connectivity index (χ2v) is 4.98. The Morgan fingerprint density at radius 1 is 1.36 bits per heavy atom. The van der Waals surface area contributed by atoms with Crippen LogP contribution < -0.4 is 10.2 Å². The summed E-state index contributed by atoms with van der Waals surface area (Å²) in [4.78, 5) is 11.8. The van der Waals surface area contributed by atoms with Crippen molar-refractivity contribution in [3.8, 4) is 5.75 Å². The molecular formula is C16H20N4O2. The number of benzene rings is 1. The van der Waals surface area contributed by atoms with Gasteiger partial charge in [-0.2, -0.15) is 10.2 Å². The molecule has 0 unspecified atom stereocenters. The molecule has 0 aliphatic carbocycles. The number of aromatic nitrogens is 2. The van der Waals surface area contributed by atoms with E-state index in [0.717, 1.165) is 28.3 Å². The van der Waals surface area contributed by atoms with Gasteiger partial charge in [0, 0.05) is 12.1 Å². The Kier molecular flexibility index (Phi) is 5.30. The molecule has 1 amide bonds. The Morgan fingerprint density at radius 3 is 2.68 bits per heavy atom. The highest BCUT2D eigenvalue weighted by molar-refractivity contribution is 5.82. The van der Waals surface area contributed by atoms with E-state index in [0.29, 0.717) is 12.8 Å². The molecule has 0 spiro atoms. The fourth-order valence-corrected chi connectivity index (χ4v) is 2.11. The maximum atomic E-state index is 11.8. The number of hydrogen-bond donors (Lipinski definition) is 2. The van der Waals surface area contributed by atoms with Crippen molar-refractivity contribution in [2.75, 3.05) is 7.11 Å². The minimum absolute atomic E-state index is 0.121. The molecule has 2 N–H and O–H groups in total. The van der Waals surface area contributed by atoms with Crippen LogP contribution in [0.3, 0.4) is 0 Å². The molecule has 116 valence electrons. The van der Waals surface area contributed by atoms with Gasteiger partial charge in [-0.1, -0.05) is 0 Å². The third kappa shape index (κ3) is 4.18. The van der Waals surface area contributed by atoms with Gasteiger partial charge in [-0.05, 0) is 55.7 Å². The van der Waals surface area contributed by atoms with E-state index in [1.54, 1.807) is 13.3 Å². The quantitative estimate of drug-likeness (QED) is 0.633. The minimum Gasteiger partial charge on any atom is -0.497 e. The molecule has 0 radical (unpaired) electrons. The maximum absolute atomic E-state index is 11.8. The number of nitrogens with one attached hydrogen (secondary N) is 2. The Morgan fingerprint density at radius 2 is 2.09 bits per heavy atom. The fourth-order valence-electron chi connectivity index (χ4n) is 2.11. The predicted octanol–water partition coefficient (Wildman–Crippen LogP) is 2.12. The van der Waals surface area contributed by atoms with Crippen molar-refractivity contribution in [2.45, 2.75) is 26.7 Å². The SMILES string of the molecule is COc1ccc(/C=N/NC(=O)CCc2c(C)n[nH]c2C)cc1. The lowest BCUT2D eigenvalue weighted by Gasteiger charge is -2.01. The van der Waals surface area contributed by atoms with Crippen LogP contribution in [0.4, 0.5) is 0 Å². The van der Waals surface area contributed by atoms with Crippen LogP contribution in [0.1, 0.15) is 28.9 Å². The van der Waals surface area contributed by atoms with Gasteiger partial charge in [-0.25, -0.2) is 5.43 Å². The third-order valence-corrected chi connectivity index (χ3v) is 3.40. The average Bonchev–Trinajstić information content (AvgIpc) is 2.84. The molecule has 0 saturated heterocycles. The Bertz CT molecular complexity index is 640. The lowest BCUT2D eigenvalue weighted by molar-refractivity contribution is -0.121. The van der Waals surface area contributed by atoms with Gasteiger partial charge in [0.25, 0.3) is 0 Å². The average molecular weight is 300 g/mol. The fraction of sp³-hybridized carbons (Fsp3) is 0.312. The molecule has 0 aliphatic heterocycles. The number of aromatic amines is 1. The molecule has 6 nitrogen and oxygen atoms in total. The number of aryl methyl sites for hydroxylation is 2. The van der Waals surface area contributed by atoms with E-state index in [1.165, 1.54) is 0 Å². The molecule has 0 atom stereocenters. The number of hydrogen-bond acceptors (Lipinski definition) is 4. The minimum atomic E-state index is -0.121. The zero-order chi connectivity index (χ0) is 15.9. The summed E-state index contributed by atoms with van der Waals surface area (Å²) in [5.74, 6) is 0.664. The van der Waals surface area contributed by atoms with Crippen molar-refractivity contribution in [3.63, 3.8) is 0 Å². The van der Waals surface area contributed by atoms with E-state index in [9.17, 15) is 4.79 Å². The number of amides is 1. The van der Waals surface area contributed by atoms with Crippen molar-refractivity contribution in [3.05, 3.63) is 46.8 Å². The monoisotopic (exact) mass is 300 g/mol. The standard InChI is InChI=1S/C16H20N4O2/c1-11-15(12(2)19-18-11)8-9-16(21)20-17-10-13-4-6-14(22-3)7-5-13/h4-7,10H,8-9H2,1-3H3,(H,18,19)(H,20,21)/b17-10+. The summed E-state index contributed by atoms with van der Waals surface area (Å²) in [6.07, 6.45) is 2.63. The summed E-state index contributed by atoms with van der Waals surface area (Å²) >= 11 is 0. The van der Waals surface area contributed by atoms with Crippen molar-refractivity contribution in [2.24, 2.45) is 5.10 Å². The molecule has 0 aliphatic rings. The lowest BCUT2D eigenvalue weighted by atomic mass is 10.1. The number of carbonyl (C=O) groups excluding carboxylic acids is 1. The van der Waals surface area contributed by atoms with E-state index < -0.39 is 0 Å². The molecule has 1 heterocycles. The van der Waals surface area contributed by atoms with Gasteiger partial charge in [-0.3, -0.25) is 9.89 Å². The van der Waals surface area contributed by atoms with E-state index in [-0.39, 0.29) is 5.91 Å². The van der Waals surface area contributed by atoms with Crippen molar-refractivity contribution in [1.82, 2.24) is 15.6 Å². The number of H-pyrrole nitrogens is 1. The second kappa shape index (κ2) is 7.40. The Balaban J connectivity index is 1.81.